The molecule has 53 heavy (non-hydrogen) atoms. The molecule has 6 rings (SSSR count). The molecule has 4 aromatic carbocycles. The van der Waals surface area contributed by atoms with Gasteiger partial charge in [0.2, 0.25) is 0 Å². The molecule has 0 heterocycles. The predicted octanol–water partition coefficient (Wildman–Crippen LogP) is 6.52. The number of carbonyl (C=O) groups excluding carboxylic acids is 6. The van der Waals surface area contributed by atoms with E-state index in [4.69, 9.17) is 15.2 Å². The number of nitrogens with one attached hydrogen (secondary N) is 3. The molecule has 0 fully saturated rings. The van der Waals surface area contributed by atoms with Crippen molar-refractivity contribution < 1.29 is 38.2 Å². The summed E-state index contributed by atoms with van der Waals surface area (Å²) < 4.78 is 10.5. The molecule has 0 unspecified atom stereocenters. The van der Waals surface area contributed by atoms with Gasteiger partial charge < -0.3 is 20.5 Å². The minimum atomic E-state index is -0.877. The molecule has 12 nitrogen and oxygen atoms in total. The lowest BCUT2D eigenvalue weighted by Crippen LogP contribution is -2.41. The summed E-state index contributed by atoms with van der Waals surface area (Å²) in [7, 11) is 0. The van der Waals surface area contributed by atoms with Crippen molar-refractivity contribution in [3.8, 4) is 11.1 Å². The van der Waals surface area contributed by atoms with Crippen molar-refractivity contribution in [2.24, 2.45) is 5.73 Å². The lowest BCUT2D eigenvalue weighted by molar-refractivity contribution is 0.0978. The number of ketones is 4. The molecular weight excluding hydrogens is 676 g/mol. The van der Waals surface area contributed by atoms with Crippen molar-refractivity contribution in [1.82, 2.24) is 5.32 Å². The highest BCUT2D eigenvalue weighted by Gasteiger charge is 2.39. The van der Waals surface area contributed by atoms with Crippen LogP contribution in [0.4, 0.5) is 21.0 Å². The van der Waals surface area contributed by atoms with Gasteiger partial charge in [-0.2, -0.15) is 0 Å². The zero-order valence-corrected chi connectivity index (χ0v) is 29.7. The van der Waals surface area contributed by atoms with Crippen LogP contribution in [0.2, 0.25) is 0 Å². The molecule has 0 radical (unpaired) electrons. The predicted molar refractivity (Wildman–Crippen MR) is 199 cm³/mol. The molecule has 272 valence electrons. The highest BCUT2D eigenvalue weighted by Crippen LogP contribution is 2.43. The molecule has 0 bridgehead atoms. The Morgan fingerprint density at radius 2 is 1.02 bits per heavy atom. The lowest BCUT2D eigenvalue weighted by Gasteiger charge is -2.27. The van der Waals surface area contributed by atoms with Gasteiger partial charge in [0.25, 0.3) is 0 Å². The van der Waals surface area contributed by atoms with Gasteiger partial charge in [-0.1, -0.05) is 80.4 Å². The Morgan fingerprint density at radius 1 is 0.604 bits per heavy atom. The standard InChI is InChI=1S/C41H40N4O8/c1-4-5-18-41(2,3)43-20-22-53-40(51)45-30-17-15-24(32-34(30)38(49)28-13-9-7-11-26(28)36(32)47)23-14-16-29(44-39(50)52-21-19-42)33-31(23)35(46)25-10-6-8-12-27(25)37(33)48/h6-17,43H,4-5,18-22,42H2,1-3H3,(H,44,50)(H,45,51). The van der Waals surface area contributed by atoms with Gasteiger partial charge in [0.05, 0.1) is 22.5 Å². The maximum Gasteiger partial charge on any atom is 0.411 e. The molecule has 0 atom stereocenters. The number of amides is 2. The Bertz CT molecular complexity index is 2170. The van der Waals surface area contributed by atoms with Crippen LogP contribution in [0.3, 0.4) is 0 Å². The number of fused-ring (bicyclic) bond motifs is 4. The summed E-state index contributed by atoms with van der Waals surface area (Å²) in [5.74, 6) is -2.09. The van der Waals surface area contributed by atoms with E-state index in [1.54, 1.807) is 24.3 Å². The zero-order chi connectivity index (χ0) is 37.9. The summed E-state index contributed by atoms with van der Waals surface area (Å²) in [4.78, 5) is 82.5. The van der Waals surface area contributed by atoms with Crippen LogP contribution < -0.4 is 21.7 Å². The van der Waals surface area contributed by atoms with E-state index in [2.05, 4.69) is 36.7 Å². The van der Waals surface area contributed by atoms with Crippen LogP contribution in [0, 0.1) is 0 Å². The monoisotopic (exact) mass is 716 g/mol. The van der Waals surface area contributed by atoms with E-state index in [1.807, 2.05) is 0 Å². The Balaban J connectivity index is 1.43. The Kier molecular flexibility index (Phi) is 10.6. The average Bonchev–Trinajstić information content (AvgIpc) is 3.16. The molecule has 2 amide bonds. The van der Waals surface area contributed by atoms with Crippen molar-refractivity contribution in [2.45, 2.75) is 45.6 Å². The first-order valence-corrected chi connectivity index (χ1v) is 17.5. The summed E-state index contributed by atoms with van der Waals surface area (Å²) in [5.41, 5.74) is 6.00. The molecule has 0 spiro atoms. The number of rotatable bonds is 12. The van der Waals surface area contributed by atoms with Gasteiger partial charge in [0.1, 0.15) is 13.2 Å². The smallest absolute Gasteiger partial charge is 0.411 e. The summed E-state index contributed by atoms with van der Waals surface area (Å²) in [6.45, 7) is 6.75. The third-order valence-corrected chi connectivity index (χ3v) is 9.36. The van der Waals surface area contributed by atoms with E-state index >= 15 is 0 Å². The second kappa shape index (κ2) is 15.3. The number of unbranched alkanes of at least 4 members (excludes halogenated alkanes) is 1. The van der Waals surface area contributed by atoms with Crippen LogP contribution in [-0.2, 0) is 9.47 Å². The Hall–Kier alpha value is -5.98. The number of ether oxygens (including phenoxy) is 2. The van der Waals surface area contributed by atoms with Crippen LogP contribution in [0.1, 0.15) is 104 Å². The second-order valence-electron chi connectivity index (χ2n) is 13.5. The zero-order valence-electron chi connectivity index (χ0n) is 29.7. The minimum Gasteiger partial charge on any atom is -0.448 e. The normalized spacial score (nSPS) is 13.1. The summed E-state index contributed by atoms with van der Waals surface area (Å²) >= 11 is 0. The molecular formula is C41H40N4O8. The highest BCUT2D eigenvalue weighted by molar-refractivity contribution is 6.35. The largest absolute Gasteiger partial charge is 0.448 e. The van der Waals surface area contributed by atoms with E-state index in [0.29, 0.717) is 6.54 Å². The highest BCUT2D eigenvalue weighted by atomic mass is 16.6. The van der Waals surface area contributed by atoms with Crippen LogP contribution in [0.5, 0.6) is 0 Å². The Morgan fingerprint density at radius 3 is 1.43 bits per heavy atom. The molecule has 0 saturated carbocycles. The van der Waals surface area contributed by atoms with E-state index in [0.717, 1.165) is 19.3 Å². The van der Waals surface area contributed by atoms with Gasteiger partial charge in [-0.25, -0.2) is 9.59 Å². The summed E-state index contributed by atoms with van der Waals surface area (Å²) in [6.07, 6.45) is 1.39. The molecule has 2 aliphatic carbocycles. The van der Waals surface area contributed by atoms with Crippen LogP contribution in [0.25, 0.3) is 11.1 Å². The van der Waals surface area contributed by atoms with Crippen molar-refractivity contribution in [3.63, 3.8) is 0 Å². The topological polar surface area (TPSA) is 183 Å². The maximum atomic E-state index is 14.4. The molecule has 5 N–H and O–H groups in total. The average molecular weight is 717 g/mol. The number of nitrogens with two attached hydrogens (primary N) is 1. The van der Waals surface area contributed by atoms with Crippen LogP contribution in [0.15, 0.2) is 72.8 Å². The summed E-state index contributed by atoms with van der Waals surface area (Å²) in [6, 6.07) is 18.6. The number of benzene rings is 4. The van der Waals surface area contributed by atoms with Gasteiger partial charge in [-0.05, 0) is 43.5 Å². The van der Waals surface area contributed by atoms with E-state index in [9.17, 15) is 28.8 Å². The van der Waals surface area contributed by atoms with Crippen molar-refractivity contribution in [1.29, 1.82) is 0 Å². The Labute approximate surface area is 306 Å². The second-order valence-corrected chi connectivity index (χ2v) is 13.5. The van der Waals surface area contributed by atoms with Gasteiger partial charge in [0, 0.05) is 52.0 Å². The first-order chi connectivity index (χ1) is 25.5. The third kappa shape index (κ3) is 7.24. The van der Waals surface area contributed by atoms with E-state index < -0.39 is 35.3 Å². The van der Waals surface area contributed by atoms with Crippen molar-refractivity contribution in [3.05, 3.63) is 117 Å². The van der Waals surface area contributed by atoms with Crippen LogP contribution >= 0.6 is 0 Å². The lowest BCUT2D eigenvalue weighted by atomic mass is 9.75. The van der Waals surface area contributed by atoms with Crippen LogP contribution in [-0.4, -0.2) is 67.2 Å². The molecule has 0 aromatic heterocycles. The summed E-state index contributed by atoms with van der Waals surface area (Å²) in [5, 5.41) is 8.58. The molecule has 0 aliphatic heterocycles. The van der Waals surface area contributed by atoms with Crippen molar-refractivity contribution >= 4 is 46.7 Å². The molecule has 4 aromatic rings. The first-order valence-electron chi connectivity index (χ1n) is 17.5. The quantitative estimate of drug-likeness (QED) is 0.102. The minimum absolute atomic E-state index is 0.0181. The fourth-order valence-corrected chi connectivity index (χ4v) is 6.79. The molecule has 2 aliphatic rings. The first kappa shape index (κ1) is 36.8. The SMILES string of the molecule is CCCCC(C)(C)NCCOC(=O)Nc1ccc(-c2ccc(NC(=O)OCCN)c3c2C(=O)c2ccccc2C3=O)c2c1C(=O)c1ccccc1C2=O. The third-order valence-electron chi connectivity index (χ3n) is 9.36. The van der Waals surface area contributed by atoms with Gasteiger partial charge in [-0.15, -0.1) is 0 Å². The number of anilines is 2. The fraction of sp³-hybridized carbons (Fsp3) is 0.268. The fourth-order valence-electron chi connectivity index (χ4n) is 6.79. The number of hydrogen-bond acceptors (Lipinski definition) is 10. The van der Waals surface area contributed by atoms with E-state index in [1.165, 1.54) is 48.5 Å². The molecule has 12 heteroatoms. The van der Waals surface area contributed by atoms with Gasteiger partial charge in [-0.3, -0.25) is 29.8 Å². The number of hydrogen-bond donors (Lipinski definition) is 4. The van der Waals surface area contributed by atoms with Crippen molar-refractivity contribution in [2.75, 3.05) is 36.9 Å². The molecule has 0 saturated heterocycles. The van der Waals surface area contributed by atoms with E-state index in [-0.39, 0.29) is 92.3 Å². The van der Waals surface area contributed by atoms with Gasteiger partial charge >= 0.3 is 12.2 Å². The number of carbonyl (C=O) groups is 6. The van der Waals surface area contributed by atoms with Gasteiger partial charge in [0.15, 0.2) is 23.1 Å². The maximum absolute atomic E-state index is 14.4.